The van der Waals surface area contributed by atoms with Crippen molar-refractivity contribution in [3.63, 3.8) is 0 Å². The predicted molar refractivity (Wildman–Crippen MR) is 71.4 cm³/mol. The van der Waals surface area contributed by atoms with Crippen molar-refractivity contribution in [2.45, 2.75) is 19.3 Å². The van der Waals surface area contributed by atoms with E-state index in [-0.39, 0.29) is 17.2 Å². The van der Waals surface area contributed by atoms with Crippen LogP contribution >= 0.6 is 11.3 Å². The summed E-state index contributed by atoms with van der Waals surface area (Å²) >= 11 is 1.53. The van der Waals surface area contributed by atoms with Gasteiger partial charge in [-0.15, -0.1) is 11.3 Å². The molecule has 1 aliphatic rings. The Bertz CT molecular complexity index is 636. The highest BCUT2D eigenvalue weighted by atomic mass is 32.1. The number of hydrogen-bond donors (Lipinski definition) is 2. The number of fused-ring (bicyclic) bond motifs is 1. The Kier molecular flexibility index (Phi) is 2.76. The van der Waals surface area contributed by atoms with Gasteiger partial charge >= 0.3 is 0 Å². The van der Waals surface area contributed by atoms with Gasteiger partial charge in [0.2, 0.25) is 0 Å². The van der Waals surface area contributed by atoms with E-state index in [1.54, 1.807) is 12.1 Å². The molecule has 0 fully saturated rings. The molecule has 5 heteroatoms. The first kappa shape index (κ1) is 11.2. The Balaban J connectivity index is 1.83. The third kappa shape index (κ3) is 1.97. The van der Waals surface area contributed by atoms with E-state index in [0.29, 0.717) is 4.88 Å². The van der Waals surface area contributed by atoms with Gasteiger partial charge in [0.15, 0.2) is 0 Å². The van der Waals surface area contributed by atoms with Crippen LogP contribution in [0.1, 0.15) is 26.5 Å². The zero-order valence-electron chi connectivity index (χ0n) is 9.66. The lowest BCUT2D eigenvalue weighted by atomic mass is 10.2. The van der Waals surface area contributed by atoms with E-state index in [2.05, 4.69) is 10.3 Å². The summed E-state index contributed by atoms with van der Waals surface area (Å²) in [6.45, 7) is 0. The number of anilines is 1. The molecule has 0 unspecified atom stereocenters. The fourth-order valence-corrected chi connectivity index (χ4v) is 3.29. The minimum Gasteiger partial charge on any atom is -0.327 e. The molecule has 2 aromatic rings. The van der Waals surface area contributed by atoms with Gasteiger partial charge in [-0.25, -0.2) is 0 Å². The lowest BCUT2D eigenvalue weighted by Gasteiger charge is -2.01. The van der Waals surface area contributed by atoms with Gasteiger partial charge in [0.25, 0.3) is 11.5 Å². The summed E-state index contributed by atoms with van der Waals surface area (Å²) in [4.78, 5) is 28.0. The van der Waals surface area contributed by atoms with Crippen molar-refractivity contribution in [2.75, 3.05) is 5.32 Å². The second kappa shape index (κ2) is 4.42. The number of pyridine rings is 1. The highest BCUT2D eigenvalue weighted by Crippen LogP contribution is 2.30. The summed E-state index contributed by atoms with van der Waals surface area (Å²) in [7, 11) is 0. The minimum atomic E-state index is -0.282. The smallest absolute Gasteiger partial charge is 0.271 e. The Morgan fingerprint density at radius 2 is 2.28 bits per heavy atom. The number of aromatic nitrogens is 1. The predicted octanol–water partition coefficient (Wildman–Crippen LogP) is 2.18. The average Bonchev–Trinajstić information content (AvgIpc) is 2.92. The lowest BCUT2D eigenvalue weighted by molar-refractivity contribution is 0.103. The van der Waals surface area contributed by atoms with E-state index in [9.17, 15) is 9.59 Å². The molecule has 18 heavy (non-hydrogen) atoms. The topological polar surface area (TPSA) is 62.0 Å². The van der Waals surface area contributed by atoms with E-state index in [1.807, 2.05) is 6.07 Å². The molecule has 92 valence electrons. The van der Waals surface area contributed by atoms with E-state index in [0.717, 1.165) is 12.8 Å². The van der Waals surface area contributed by atoms with Crippen molar-refractivity contribution in [1.82, 2.24) is 4.98 Å². The number of carbonyl (C=O) groups is 1. The van der Waals surface area contributed by atoms with Crippen molar-refractivity contribution in [1.29, 1.82) is 0 Å². The number of aromatic amines is 1. The highest BCUT2D eigenvalue weighted by molar-refractivity contribution is 7.14. The van der Waals surface area contributed by atoms with Crippen molar-refractivity contribution < 1.29 is 4.79 Å². The first-order chi connectivity index (χ1) is 8.74. The van der Waals surface area contributed by atoms with Crippen LogP contribution in [0.3, 0.4) is 0 Å². The molecule has 0 atom stereocenters. The largest absolute Gasteiger partial charge is 0.327 e. The molecule has 2 aromatic heterocycles. The van der Waals surface area contributed by atoms with Gasteiger partial charge in [0, 0.05) is 11.1 Å². The highest BCUT2D eigenvalue weighted by Gasteiger charge is 2.18. The minimum absolute atomic E-state index is 0.203. The Morgan fingerprint density at radius 3 is 3.06 bits per heavy atom. The van der Waals surface area contributed by atoms with Gasteiger partial charge < -0.3 is 10.3 Å². The van der Waals surface area contributed by atoms with Crippen LogP contribution in [0.2, 0.25) is 0 Å². The van der Waals surface area contributed by atoms with Gasteiger partial charge in [-0.2, -0.15) is 0 Å². The molecule has 1 amide bonds. The first-order valence-corrected chi connectivity index (χ1v) is 6.66. The van der Waals surface area contributed by atoms with E-state index in [4.69, 9.17) is 0 Å². The van der Waals surface area contributed by atoms with Gasteiger partial charge in [-0.1, -0.05) is 0 Å². The molecule has 0 spiro atoms. The number of thiophene rings is 1. The molecule has 2 heterocycles. The molecule has 1 aliphatic carbocycles. The lowest BCUT2D eigenvalue weighted by Crippen LogP contribution is -2.18. The summed E-state index contributed by atoms with van der Waals surface area (Å²) in [6.07, 6.45) is 4.85. The van der Waals surface area contributed by atoms with Crippen LogP contribution in [-0.2, 0) is 12.8 Å². The van der Waals surface area contributed by atoms with Gasteiger partial charge in [0.05, 0.1) is 4.88 Å². The molecule has 2 N–H and O–H groups in total. The Morgan fingerprint density at radius 1 is 1.39 bits per heavy atom. The van der Waals surface area contributed by atoms with Crippen LogP contribution in [-0.4, -0.2) is 10.9 Å². The summed E-state index contributed by atoms with van der Waals surface area (Å²) in [5.41, 5.74) is 1.29. The maximum Gasteiger partial charge on any atom is 0.271 e. The average molecular weight is 260 g/mol. The zero-order valence-corrected chi connectivity index (χ0v) is 10.5. The summed E-state index contributed by atoms with van der Waals surface area (Å²) in [5, 5.41) is 2.64. The van der Waals surface area contributed by atoms with Crippen LogP contribution in [0.15, 0.2) is 29.2 Å². The summed E-state index contributed by atoms with van der Waals surface area (Å²) in [6, 6.07) is 5.23. The van der Waals surface area contributed by atoms with Gasteiger partial charge in [-0.05, 0) is 43.0 Å². The monoisotopic (exact) mass is 260 g/mol. The third-order valence-corrected chi connectivity index (χ3v) is 4.27. The number of hydrogen-bond acceptors (Lipinski definition) is 3. The third-order valence-electron chi connectivity index (χ3n) is 3.04. The van der Waals surface area contributed by atoms with Crippen molar-refractivity contribution in [3.05, 3.63) is 50.1 Å². The van der Waals surface area contributed by atoms with E-state index >= 15 is 0 Å². The molecular formula is C13H12N2O2S. The summed E-state index contributed by atoms with van der Waals surface area (Å²) < 4.78 is 0. The maximum absolute atomic E-state index is 12.0. The molecule has 0 saturated heterocycles. The van der Waals surface area contributed by atoms with Gasteiger partial charge in [-0.3, -0.25) is 9.59 Å². The molecule has 0 aromatic carbocycles. The van der Waals surface area contributed by atoms with Crippen LogP contribution in [0.4, 0.5) is 5.69 Å². The Labute approximate surface area is 108 Å². The van der Waals surface area contributed by atoms with Crippen molar-refractivity contribution in [3.8, 4) is 0 Å². The number of rotatable bonds is 2. The molecule has 0 saturated carbocycles. The molecule has 0 aliphatic heterocycles. The fourth-order valence-electron chi connectivity index (χ4n) is 2.14. The number of amides is 1. The Hall–Kier alpha value is -1.88. The summed E-state index contributed by atoms with van der Waals surface area (Å²) in [5.74, 6) is -0.203. The van der Waals surface area contributed by atoms with Crippen LogP contribution < -0.4 is 10.9 Å². The number of carbonyl (C=O) groups excluding carboxylic acids is 1. The number of H-pyrrole nitrogens is 1. The zero-order chi connectivity index (χ0) is 12.5. The maximum atomic E-state index is 12.0. The van der Waals surface area contributed by atoms with E-state index < -0.39 is 0 Å². The molecule has 3 rings (SSSR count). The normalized spacial score (nSPS) is 13.3. The molecular weight excluding hydrogens is 248 g/mol. The quantitative estimate of drug-likeness (QED) is 0.869. The first-order valence-electron chi connectivity index (χ1n) is 5.84. The van der Waals surface area contributed by atoms with Gasteiger partial charge in [0.1, 0.15) is 5.69 Å². The van der Waals surface area contributed by atoms with Crippen LogP contribution in [0.5, 0.6) is 0 Å². The fraction of sp³-hybridized carbons (Fsp3) is 0.231. The molecule has 0 bridgehead atoms. The molecule has 4 nitrogen and oxygen atoms in total. The SMILES string of the molecule is O=C(Nc1ccc[nH]c1=O)c1cc2c(s1)CCC2. The van der Waals surface area contributed by atoms with Crippen molar-refractivity contribution >= 4 is 22.9 Å². The van der Waals surface area contributed by atoms with E-state index in [1.165, 1.54) is 34.4 Å². The molecule has 0 radical (unpaired) electrons. The van der Waals surface area contributed by atoms with Crippen LogP contribution in [0.25, 0.3) is 0 Å². The number of nitrogens with one attached hydrogen (secondary N) is 2. The van der Waals surface area contributed by atoms with Crippen molar-refractivity contribution in [2.24, 2.45) is 0 Å². The standard InChI is InChI=1S/C13H12N2O2S/c16-12-9(4-2-6-14-12)15-13(17)11-7-8-3-1-5-10(8)18-11/h2,4,6-7H,1,3,5H2,(H,14,16)(H,15,17). The second-order valence-electron chi connectivity index (χ2n) is 4.28. The van der Waals surface area contributed by atoms with Crippen LogP contribution in [0, 0.1) is 0 Å². The second-order valence-corrected chi connectivity index (χ2v) is 5.42. The number of aryl methyl sites for hydroxylation is 2.